The second kappa shape index (κ2) is 8.81. The highest BCUT2D eigenvalue weighted by molar-refractivity contribution is 6.42. The van der Waals surface area contributed by atoms with Gasteiger partial charge in [-0.25, -0.2) is 0 Å². The maximum Gasteiger partial charge on any atom is -0.000741 e. The van der Waals surface area contributed by atoms with E-state index in [1.54, 1.807) is 0 Å². The van der Waals surface area contributed by atoms with Crippen LogP contribution < -0.4 is 0 Å². The maximum atomic E-state index is 2.52. The predicted octanol–water partition coefficient (Wildman–Crippen LogP) is 13.1. The molecule has 0 aliphatic heterocycles. The molecule has 11 aromatic rings. The SMILES string of the molecule is c1ccc(-c2c3cc4c(cc3c(-c3ccccc3)c3c5cccc6cccc(c23)c65)c2cc3ccccc3c3cccc4c32)cc1. The van der Waals surface area contributed by atoms with E-state index in [4.69, 9.17) is 0 Å². The molecule has 0 heterocycles. The monoisotopic (exact) mass is 578 g/mol. The summed E-state index contributed by atoms with van der Waals surface area (Å²) < 4.78 is 0. The molecule has 0 fully saturated rings. The molecule has 0 spiro atoms. The van der Waals surface area contributed by atoms with Gasteiger partial charge < -0.3 is 0 Å². The van der Waals surface area contributed by atoms with Crippen LogP contribution in [0, 0.1) is 0 Å². The third-order valence-electron chi connectivity index (χ3n) is 10.5. The van der Waals surface area contributed by atoms with Crippen LogP contribution in [-0.4, -0.2) is 0 Å². The van der Waals surface area contributed by atoms with E-state index in [2.05, 4.69) is 158 Å². The van der Waals surface area contributed by atoms with Crippen molar-refractivity contribution in [3.63, 3.8) is 0 Å². The van der Waals surface area contributed by atoms with E-state index in [0.29, 0.717) is 0 Å². The van der Waals surface area contributed by atoms with Gasteiger partial charge in [0, 0.05) is 0 Å². The Balaban J connectivity index is 1.47. The fourth-order valence-electron chi connectivity index (χ4n) is 8.68. The Morgan fingerprint density at radius 2 is 0.674 bits per heavy atom. The second-order valence-corrected chi connectivity index (χ2v) is 12.8. The molecule has 0 saturated heterocycles. The first-order chi connectivity index (χ1) is 22.8. The Morgan fingerprint density at radius 1 is 0.217 bits per heavy atom. The molecule has 0 atom stereocenters. The molecule has 0 aliphatic rings. The van der Waals surface area contributed by atoms with Gasteiger partial charge in [-0.2, -0.15) is 0 Å². The van der Waals surface area contributed by atoms with Crippen LogP contribution in [0.15, 0.2) is 158 Å². The van der Waals surface area contributed by atoms with Crippen LogP contribution in [0.5, 0.6) is 0 Å². The van der Waals surface area contributed by atoms with E-state index in [1.165, 1.54) is 108 Å². The summed E-state index contributed by atoms with van der Waals surface area (Å²) in [6.07, 6.45) is 0. The minimum Gasteiger partial charge on any atom is -0.0622 e. The van der Waals surface area contributed by atoms with Gasteiger partial charge in [0.2, 0.25) is 0 Å². The van der Waals surface area contributed by atoms with Crippen molar-refractivity contribution in [3.8, 4) is 22.3 Å². The first-order valence-electron chi connectivity index (χ1n) is 16.1. The largest absolute Gasteiger partial charge is 0.0622 e. The molecule has 11 aromatic carbocycles. The second-order valence-electron chi connectivity index (χ2n) is 12.8. The highest BCUT2D eigenvalue weighted by Gasteiger charge is 2.25. The molecule has 0 bridgehead atoms. The zero-order valence-corrected chi connectivity index (χ0v) is 25.0. The predicted molar refractivity (Wildman–Crippen MR) is 200 cm³/mol. The van der Waals surface area contributed by atoms with Gasteiger partial charge >= 0.3 is 0 Å². The summed E-state index contributed by atoms with van der Waals surface area (Å²) in [4.78, 5) is 0. The van der Waals surface area contributed by atoms with Crippen LogP contribution >= 0.6 is 0 Å². The summed E-state index contributed by atoms with van der Waals surface area (Å²) in [7, 11) is 0. The normalized spacial score (nSPS) is 12.3. The van der Waals surface area contributed by atoms with Gasteiger partial charge in [0.05, 0.1) is 0 Å². The minimum absolute atomic E-state index is 1.26. The molecule has 210 valence electrons. The lowest BCUT2D eigenvalue weighted by molar-refractivity contribution is 1.68. The number of rotatable bonds is 2. The molecule has 0 heteroatoms. The fraction of sp³-hybridized carbons (Fsp3) is 0. The smallest absolute Gasteiger partial charge is 0.000741 e. The zero-order chi connectivity index (χ0) is 29.9. The number of benzene rings is 9. The first kappa shape index (κ1) is 24.4. The molecular formula is C46H26. The van der Waals surface area contributed by atoms with Crippen LogP contribution in [0.1, 0.15) is 0 Å². The van der Waals surface area contributed by atoms with E-state index in [-0.39, 0.29) is 0 Å². The van der Waals surface area contributed by atoms with Crippen molar-refractivity contribution in [2.75, 3.05) is 0 Å². The van der Waals surface area contributed by atoms with Gasteiger partial charge in [-0.15, -0.1) is 0 Å². The average molecular weight is 579 g/mol. The average Bonchev–Trinajstić information content (AvgIpc) is 3.61. The van der Waals surface area contributed by atoms with E-state index in [0.717, 1.165) is 0 Å². The number of hydrogen-bond acceptors (Lipinski definition) is 0. The number of hydrogen-bond donors (Lipinski definition) is 0. The van der Waals surface area contributed by atoms with Gasteiger partial charge in [-0.1, -0.05) is 140 Å². The van der Waals surface area contributed by atoms with Gasteiger partial charge in [-0.3, -0.25) is 0 Å². The summed E-state index contributed by atoms with van der Waals surface area (Å²) in [6, 6.07) is 58.9. The third-order valence-corrected chi connectivity index (χ3v) is 10.5. The van der Waals surface area contributed by atoms with Crippen LogP contribution in [0.4, 0.5) is 0 Å². The molecule has 46 heavy (non-hydrogen) atoms. The van der Waals surface area contributed by atoms with Crippen molar-refractivity contribution < 1.29 is 0 Å². The van der Waals surface area contributed by atoms with Crippen LogP contribution in [0.3, 0.4) is 0 Å². The lowest BCUT2D eigenvalue weighted by Crippen LogP contribution is -1.89. The quantitative estimate of drug-likeness (QED) is 0.179. The van der Waals surface area contributed by atoms with Gasteiger partial charge in [0.25, 0.3) is 0 Å². The summed E-state index contributed by atoms with van der Waals surface area (Å²) in [6.45, 7) is 0. The topological polar surface area (TPSA) is 0 Å². The Labute approximate surface area is 265 Å². The van der Waals surface area contributed by atoms with Crippen molar-refractivity contribution in [3.05, 3.63) is 158 Å². The fourth-order valence-corrected chi connectivity index (χ4v) is 8.68. The summed E-state index contributed by atoms with van der Waals surface area (Å²) in [5, 5.41) is 21.3. The molecule has 0 unspecified atom stereocenters. The van der Waals surface area contributed by atoms with Crippen molar-refractivity contribution >= 4 is 86.2 Å². The van der Waals surface area contributed by atoms with Crippen molar-refractivity contribution in [2.24, 2.45) is 0 Å². The minimum atomic E-state index is 1.26. The highest BCUT2D eigenvalue weighted by atomic mass is 14.3. The molecule has 0 nitrogen and oxygen atoms in total. The van der Waals surface area contributed by atoms with E-state index in [9.17, 15) is 0 Å². The van der Waals surface area contributed by atoms with Gasteiger partial charge in [-0.05, 0) is 127 Å². The van der Waals surface area contributed by atoms with Crippen LogP contribution in [-0.2, 0) is 0 Å². The van der Waals surface area contributed by atoms with E-state index >= 15 is 0 Å². The Morgan fingerprint density at radius 3 is 1.30 bits per heavy atom. The lowest BCUT2D eigenvalue weighted by atomic mass is 9.85. The molecule has 0 aliphatic carbocycles. The van der Waals surface area contributed by atoms with Crippen molar-refractivity contribution in [2.45, 2.75) is 0 Å². The van der Waals surface area contributed by atoms with Crippen LogP contribution in [0.25, 0.3) is 108 Å². The highest BCUT2D eigenvalue weighted by Crippen LogP contribution is 2.53. The molecule has 11 rings (SSSR count). The van der Waals surface area contributed by atoms with Crippen molar-refractivity contribution in [1.82, 2.24) is 0 Å². The summed E-state index contributed by atoms with van der Waals surface area (Å²) >= 11 is 0. The Bertz CT molecular complexity index is 2980. The van der Waals surface area contributed by atoms with Gasteiger partial charge in [0.15, 0.2) is 0 Å². The Kier molecular flexibility index (Phi) is 4.66. The Hall–Kier alpha value is -5.98. The summed E-state index contributed by atoms with van der Waals surface area (Å²) in [5.74, 6) is 0. The molecule has 0 amide bonds. The maximum absolute atomic E-state index is 2.52. The van der Waals surface area contributed by atoms with Gasteiger partial charge in [0.1, 0.15) is 0 Å². The first-order valence-corrected chi connectivity index (χ1v) is 16.1. The van der Waals surface area contributed by atoms with E-state index < -0.39 is 0 Å². The molecule has 0 N–H and O–H groups in total. The molecule has 0 saturated carbocycles. The standard InChI is InChI=1S/C46H26/c1-3-12-28(13-4-1)42-39-25-36-33-21-11-20-32-31-19-8-7-16-30(31)24-38(44(32)33)37(36)26-40(39)43(29-14-5-2-6-15-29)46-35-23-10-18-27-17-9-22-34(41(27)35)45(42)46/h1-26H. The zero-order valence-electron chi connectivity index (χ0n) is 25.0. The molecular weight excluding hydrogens is 553 g/mol. The summed E-state index contributed by atoms with van der Waals surface area (Å²) in [5.41, 5.74) is 5.16. The third kappa shape index (κ3) is 3.04. The van der Waals surface area contributed by atoms with Crippen molar-refractivity contribution in [1.29, 1.82) is 0 Å². The van der Waals surface area contributed by atoms with Crippen LogP contribution in [0.2, 0.25) is 0 Å². The molecule has 0 radical (unpaired) electrons. The molecule has 0 aromatic heterocycles. The number of fused-ring (bicyclic) bond motifs is 9. The lowest BCUT2D eigenvalue weighted by Gasteiger charge is -2.17. The van der Waals surface area contributed by atoms with E-state index in [1.807, 2.05) is 0 Å².